The molecule has 3 rings (SSSR count). The molecule has 2 aromatic rings. The average molecular weight is 392 g/mol. The normalized spacial score (nSPS) is 13.9. The molecule has 1 aromatic heterocycles. The summed E-state index contributed by atoms with van der Waals surface area (Å²) in [5.41, 5.74) is 2.63. The lowest BCUT2D eigenvalue weighted by atomic mass is 9.98. The van der Waals surface area contributed by atoms with Gasteiger partial charge in [-0.15, -0.1) is 10.2 Å². The zero-order valence-corrected chi connectivity index (χ0v) is 17.3. The molecule has 0 spiro atoms. The number of amides is 1. The summed E-state index contributed by atoms with van der Waals surface area (Å²) in [4.78, 5) is 13.6. The Morgan fingerprint density at radius 1 is 1.38 bits per heavy atom. The molecule has 0 radical (unpaired) electrons. The Hall–Kier alpha value is -1.60. The third-order valence-corrected chi connectivity index (χ3v) is 6.31. The average Bonchev–Trinajstić information content (AvgIpc) is 3.29. The van der Waals surface area contributed by atoms with Crippen LogP contribution < -0.4 is 9.64 Å². The largest absolute Gasteiger partial charge is 0.493 e. The highest BCUT2D eigenvalue weighted by atomic mass is 32.2. The Morgan fingerprint density at radius 3 is 2.77 bits per heavy atom. The lowest BCUT2D eigenvalue weighted by molar-refractivity contribution is -0.116. The molecule has 140 valence electrons. The quantitative estimate of drug-likeness (QED) is 0.372. The third kappa shape index (κ3) is 4.76. The minimum atomic E-state index is 0.0451. The van der Waals surface area contributed by atoms with Crippen molar-refractivity contribution in [1.82, 2.24) is 10.2 Å². The Bertz CT molecular complexity index is 772. The van der Waals surface area contributed by atoms with E-state index in [-0.39, 0.29) is 5.91 Å². The Labute approximate surface area is 163 Å². The molecule has 1 fully saturated rings. The highest BCUT2D eigenvalue weighted by Gasteiger charge is 2.34. The van der Waals surface area contributed by atoms with E-state index in [0.717, 1.165) is 28.7 Å². The number of carbonyl (C=O) groups is 1. The van der Waals surface area contributed by atoms with Crippen LogP contribution in [0.3, 0.4) is 0 Å². The number of nitrogens with zero attached hydrogens (tertiary/aromatic N) is 3. The summed E-state index contributed by atoms with van der Waals surface area (Å²) >= 11 is 3.10. The van der Waals surface area contributed by atoms with Gasteiger partial charge in [-0.1, -0.05) is 43.0 Å². The summed E-state index contributed by atoms with van der Waals surface area (Å²) in [6, 6.07) is 6.60. The van der Waals surface area contributed by atoms with Crippen molar-refractivity contribution in [3.8, 4) is 5.75 Å². The summed E-state index contributed by atoms with van der Waals surface area (Å²) in [5, 5.41) is 9.10. The molecule has 0 saturated heterocycles. The van der Waals surface area contributed by atoms with E-state index in [0.29, 0.717) is 23.7 Å². The van der Waals surface area contributed by atoms with Crippen LogP contribution in [-0.4, -0.2) is 34.5 Å². The first-order valence-corrected chi connectivity index (χ1v) is 10.8. The van der Waals surface area contributed by atoms with Gasteiger partial charge in [0.15, 0.2) is 4.34 Å². The molecule has 1 aromatic carbocycles. The minimum Gasteiger partial charge on any atom is -0.493 e. The van der Waals surface area contributed by atoms with Crippen molar-refractivity contribution in [2.75, 3.05) is 17.3 Å². The van der Waals surface area contributed by atoms with Gasteiger partial charge in [0.25, 0.3) is 0 Å². The summed E-state index contributed by atoms with van der Waals surface area (Å²) in [6.07, 6.45) is 2.12. The van der Waals surface area contributed by atoms with Gasteiger partial charge in [-0.25, -0.2) is 0 Å². The second kappa shape index (κ2) is 8.39. The number of ether oxygens (including phenoxy) is 1. The molecule has 0 N–H and O–H groups in total. The second-order valence-corrected chi connectivity index (χ2v) is 9.14. The van der Waals surface area contributed by atoms with Crippen molar-refractivity contribution < 1.29 is 9.53 Å². The highest BCUT2D eigenvalue weighted by Crippen LogP contribution is 2.35. The predicted molar refractivity (Wildman–Crippen MR) is 108 cm³/mol. The number of hydrogen-bond acceptors (Lipinski definition) is 6. The number of aromatic nitrogens is 2. The van der Waals surface area contributed by atoms with Crippen LogP contribution in [0.5, 0.6) is 5.75 Å². The maximum atomic E-state index is 11.8. The zero-order chi connectivity index (χ0) is 18.7. The van der Waals surface area contributed by atoms with E-state index in [1.807, 2.05) is 6.07 Å². The maximum Gasteiger partial charge on any atom is 0.225 e. The maximum absolute atomic E-state index is 11.8. The fourth-order valence-electron chi connectivity index (χ4n) is 2.91. The molecule has 1 amide bonds. The minimum absolute atomic E-state index is 0.0451. The Morgan fingerprint density at radius 2 is 2.15 bits per heavy atom. The first-order valence-electron chi connectivity index (χ1n) is 8.95. The number of aryl methyl sites for hydroxylation is 1. The summed E-state index contributed by atoms with van der Waals surface area (Å²) in [6.45, 7) is 8.73. The molecular formula is C19H25N3O2S2. The molecule has 7 heteroatoms. The van der Waals surface area contributed by atoms with Gasteiger partial charge in [-0.05, 0) is 48.9 Å². The van der Waals surface area contributed by atoms with Crippen LogP contribution in [0.4, 0.5) is 5.13 Å². The van der Waals surface area contributed by atoms with Gasteiger partial charge >= 0.3 is 0 Å². The van der Waals surface area contributed by atoms with Crippen LogP contribution in [0, 0.1) is 6.92 Å². The molecule has 0 atom stereocenters. The topological polar surface area (TPSA) is 55.3 Å². The molecule has 5 nitrogen and oxygen atoms in total. The van der Waals surface area contributed by atoms with E-state index in [1.165, 1.54) is 22.5 Å². The first-order chi connectivity index (χ1) is 12.5. The van der Waals surface area contributed by atoms with Gasteiger partial charge in [-0.3, -0.25) is 9.69 Å². The molecule has 1 aliphatic carbocycles. The standard InChI is InChI=1S/C19H25N3O2S2/c1-12(2)17-8-7-16(11-13(17)3)24-9-10-25-19-21-20-18(26-19)22(14(4)23)15-5-6-15/h7-8,11-12,15H,5-6,9-10H2,1-4H3. The molecule has 1 heterocycles. The van der Waals surface area contributed by atoms with Crippen molar-refractivity contribution in [1.29, 1.82) is 0 Å². The van der Waals surface area contributed by atoms with Crippen LogP contribution in [0.25, 0.3) is 0 Å². The van der Waals surface area contributed by atoms with Gasteiger partial charge in [0.1, 0.15) is 5.75 Å². The van der Waals surface area contributed by atoms with E-state index in [4.69, 9.17) is 4.74 Å². The zero-order valence-electron chi connectivity index (χ0n) is 15.7. The van der Waals surface area contributed by atoms with Crippen molar-refractivity contribution in [2.45, 2.75) is 56.8 Å². The van der Waals surface area contributed by atoms with Gasteiger partial charge in [0.05, 0.1) is 6.61 Å². The SMILES string of the molecule is CC(=O)N(c1nnc(SCCOc2ccc(C(C)C)c(C)c2)s1)C1CC1. The van der Waals surface area contributed by atoms with Gasteiger partial charge < -0.3 is 4.74 Å². The molecule has 1 aliphatic rings. The number of hydrogen-bond donors (Lipinski definition) is 0. The fourth-order valence-corrected chi connectivity index (χ4v) is 4.76. The number of carbonyl (C=O) groups excluding carboxylic acids is 1. The van der Waals surface area contributed by atoms with Gasteiger partial charge in [0, 0.05) is 18.7 Å². The van der Waals surface area contributed by atoms with Crippen LogP contribution in [0.15, 0.2) is 22.5 Å². The molecule has 26 heavy (non-hydrogen) atoms. The van der Waals surface area contributed by atoms with E-state index in [1.54, 1.807) is 23.6 Å². The van der Waals surface area contributed by atoms with Crippen LogP contribution in [0.1, 0.15) is 50.7 Å². The van der Waals surface area contributed by atoms with Crippen LogP contribution >= 0.6 is 23.1 Å². The van der Waals surface area contributed by atoms with Crippen molar-refractivity contribution >= 4 is 34.1 Å². The lowest BCUT2D eigenvalue weighted by Gasteiger charge is -2.15. The van der Waals surface area contributed by atoms with Crippen molar-refractivity contribution in [3.05, 3.63) is 29.3 Å². The molecule has 0 bridgehead atoms. The van der Waals surface area contributed by atoms with Crippen molar-refractivity contribution in [2.24, 2.45) is 0 Å². The van der Waals surface area contributed by atoms with Crippen LogP contribution in [-0.2, 0) is 4.79 Å². The smallest absolute Gasteiger partial charge is 0.225 e. The van der Waals surface area contributed by atoms with E-state index in [2.05, 4.69) is 43.1 Å². The predicted octanol–water partition coefficient (Wildman–Crippen LogP) is 4.66. The second-order valence-electron chi connectivity index (χ2n) is 6.84. The first kappa shape index (κ1) is 19.2. The van der Waals surface area contributed by atoms with Crippen molar-refractivity contribution in [3.63, 3.8) is 0 Å². The number of benzene rings is 1. The summed E-state index contributed by atoms with van der Waals surface area (Å²) in [5.74, 6) is 2.27. The van der Waals surface area contributed by atoms with E-state index in [9.17, 15) is 4.79 Å². The van der Waals surface area contributed by atoms with Gasteiger partial charge in [0.2, 0.25) is 11.0 Å². The Kier molecular flexibility index (Phi) is 6.19. The number of rotatable bonds is 8. The third-order valence-electron chi connectivity index (χ3n) is 4.29. The lowest BCUT2D eigenvalue weighted by Crippen LogP contribution is -2.30. The monoisotopic (exact) mass is 391 g/mol. The highest BCUT2D eigenvalue weighted by molar-refractivity contribution is 8.01. The number of anilines is 1. The molecular weight excluding hydrogens is 366 g/mol. The fraction of sp³-hybridized carbons (Fsp3) is 0.526. The molecule has 0 aliphatic heterocycles. The van der Waals surface area contributed by atoms with E-state index >= 15 is 0 Å². The molecule has 1 saturated carbocycles. The van der Waals surface area contributed by atoms with E-state index < -0.39 is 0 Å². The number of thioether (sulfide) groups is 1. The Balaban J connectivity index is 1.48. The summed E-state index contributed by atoms with van der Waals surface area (Å²) < 4.78 is 6.73. The molecule has 0 unspecified atom stereocenters. The summed E-state index contributed by atoms with van der Waals surface area (Å²) in [7, 11) is 0. The van der Waals surface area contributed by atoms with Crippen LogP contribution in [0.2, 0.25) is 0 Å². The van der Waals surface area contributed by atoms with Gasteiger partial charge in [-0.2, -0.15) is 0 Å².